The van der Waals surface area contributed by atoms with Crippen LogP contribution >= 0.6 is 11.6 Å². The number of anilines is 1. The summed E-state index contributed by atoms with van der Waals surface area (Å²) in [4.78, 5) is 0. The summed E-state index contributed by atoms with van der Waals surface area (Å²) < 4.78 is 33.3. The van der Waals surface area contributed by atoms with Crippen LogP contribution in [0.15, 0.2) is 12.1 Å². The van der Waals surface area contributed by atoms with Crippen LogP contribution in [0.2, 0.25) is 5.02 Å². The van der Waals surface area contributed by atoms with E-state index >= 15 is 0 Å². The predicted octanol–water partition coefficient (Wildman–Crippen LogP) is 2.35. The second kappa shape index (κ2) is 6.10. The van der Waals surface area contributed by atoms with E-state index < -0.39 is 9.84 Å². The van der Waals surface area contributed by atoms with E-state index in [1.807, 2.05) is 0 Å². The lowest BCUT2D eigenvalue weighted by Crippen LogP contribution is -2.32. The molecule has 1 N–H and O–H groups in total. The lowest BCUT2D eigenvalue weighted by atomic mass is 10.1. The molecule has 5 nitrogen and oxygen atoms in total. The highest BCUT2D eigenvalue weighted by molar-refractivity contribution is 7.91. The van der Waals surface area contributed by atoms with E-state index in [1.165, 1.54) is 0 Å². The fourth-order valence-corrected chi connectivity index (χ4v) is 3.95. The molecule has 1 fully saturated rings. The second-order valence-electron chi connectivity index (χ2n) is 4.76. The van der Waals surface area contributed by atoms with Gasteiger partial charge >= 0.3 is 0 Å². The van der Waals surface area contributed by atoms with E-state index in [9.17, 15) is 8.42 Å². The van der Waals surface area contributed by atoms with Crippen LogP contribution in [-0.4, -0.2) is 40.2 Å². The van der Waals surface area contributed by atoms with Gasteiger partial charge < -0.3 is 14.8 Å². The highest BCUT2D eigenvalue weighted by atomic mass is 35.5. The van der Waals surface area contributed by atoms with E-state index in [-0.39, 0.29) is 17.5 Å². The number of rotatable bonds is 4. The molecule has 1 aromatic rings. The minimum atomic E-state index is -2.86. The van der Waals surface area contributed by atoms with Gasteiger partial charge in [0.2, 0.25) is 0 Å². The minimum absolute atomic E-state index is 0.110. The molecule has 0 aliphatic carbocycles. The van der Waals surface area contributed by atoms with Gasteiger partial charge in [0, 0.05) is 18.2 Å². The number of ether oxygens (including phenoxy) is 2. The van der Waals surface area contributed by atoms with Gasteiger partial charge in [0.1, 0.15) is 21.3 Å². The lowest BCUT2D eigenvalue weighted by Gasteiger charge is -2.25. The zero-order valence-corrected chi connectivity index (χ0v) is 13.1. The van der Waals surface area contributed by atoms with Gasteiger partial charge in [0.15, 0.2) is 0 Å². The Hall–Kier alpha value is -1.14. The molecule has 1 heterocycles. The third-order valence-corrected chi connectivity index (χ3v) is 5.40. The van der Waals surface area contributed by atoms with E-state index in [2.05, 4.69) is 5.32 Å². The summed E-state index contributed by atoms with van der Waals surface area (Å²) in [5, 5.41) is 3.79. The molecular weight excluding hydrogens is 302 g/mol. The van der Waals surface area contributed by atoms with E-state index in [0.717, 1.165) is 5.69 Å². The van der Waals surface area contributed by atoms with Crippen molar-refractivity contribution in [3.8, 4) is 11.5 Å². The average Bonchev–Trinajstić information content (AvgIpc) is 2.42. The third kappa shape index (κ3) is 3.49. The van der Waals surface area contributed by atoms with Crippen molar-refractivity contribution in [2.75, 3.05) is 31.0 Å². The van der Waals surface area contributed by atoms with Crippen molar-refractivity contribution in [1.82, 2.24) is 0 Å². The SMILES string of the molecule is COc1cc(NC2CCS(=O)(=O)CC2)c(OC)cc1Cl. The first-order chi connectivity index (χ1) is 9.45. The maximum atomic E-state index is 11.4. The van der Waals surface area contributed by atoms with Crippen LogP contribution in [0.25, 0.3) is 0 Å². The van der Waals surface area contributed by atoms with Crippen molar-refractivity contribution >= 4 is 27.1 Å². The molecule has 112 valence electrons. The molecule has 0 bridgehead atoms. The maximum absolute atomic E-state index is 11.4. The van der Waals surface area contributed by atoms with Crippen LogP contribution in [0.3, 0.4) is 0 Å². The molecule has 1 aromatic carbocycles. The molecule has 0 radical (unpaired) electrons. The molecule has 0 atom stereocenters. The predicted molar refractivity (Wildman–Crippen MR) is 79.9 cm³/mol. The summed E-state index contributed by atoms with van der Waals surface area (Å²) in [5.41, 5.74) is 0.762. The fourth-order valence-electron chi connectivity index (χ4n) is 2.23. The normalized spacial score (nSPS) is 18.6. The average molecular weight is 320 g/mol. The molecule has 20 heavy (non-hydrogen) atoms. The molecule has 1 aliphatic rings. The van der Waals surface area contributed by atoms with Crippen LogP contribution in [0, 0.1) is 0 Å². The summed E-state index contributed by atoms with van der Waals surface area (Å²) in [6.07, 6.45) is 1.19. The summed E-state index contributed by atoms with van der Waals surface area (Å²) in [7, 11) is 0.250. The van der Waals surface area contributed by atoms with Crippen molar-refractivity contribution in [3.63, 3.8) is 0 Å². The number of nitrogens with one attached hydrogen (secondary N) is 1. The highest BCUT2D eigenvalue weighted by Crippen LogP contribution is 2.36. The Bertz CT molecular complexity index is 574. The Morgan fingerprint density at radius 2 is 1.75 bits per heavy atom. The monoisotopic (exact) mass is 319 g/mol. The van der Waals surface area contributed by atoms with Gasteiger partial charge in [0.25, 0.3) is 0 Å². The fraction of sp³-hybridized carbons (Fsp3) is 0.538. The van der Waals surface area contributed by atoms with Crippen molar-refractivity contribution < 1.29 is 17.9 Å². The molecule has 2 rings (SSSR count). The van der Waals surface area contributed by atoms with Gasteiger partial charge in [-0.1, -0.05) is 11.6 Å². The van der Waals surface area contributed by atoms with Crippen molar-refractivity contribution in [2.45, 2.75) is 18.9 Å². The maximum Gasteiger partial charge on any atom is 0.150 e. The van der Waals surface area contributed by atoms with Gasteiger partial charge in [0.05, 0.1) is 36.4 Å². The molecule has 7 heteroatoms. The van der Waals surface area contributed by atoms with Crippen molar-refractivity contribution in [1.29, 1.82) is 0 Å². The molecule has 0 amide bonds. The van der Waals surface area contributed by atoms with E-state index in [0.29, 0.717) is 29.4 Å². The van der Waals surface area contributed by atoms with E-state index in [1.54, 1.807) is 26.4 Å². The summed E-state index contributed by atoms with van der Waals surface area (Å²) >= 11 is 6.05. The Labute approximate surface area is 124 Å². The zero-order valence-electron chi connectivity index (χ0n) is 11.5. The second-order valence-corrected chi connectivity index (χ2v) is 7.47. The molecule has 0 aromatic heterocycles. The largest absolute Gasteiger partial charge is 0.495 e. The van der Waals surface area contributed by atoms with Crippen LogP contribution in [0.1, 0.15) is 12.8 Å². The first-order valence-corrected chi connectivity index (χ1v) is 8.53. The van der Waals surface area contributed by atoms with Crippen LogP contribution < -0.4 is 14.8 Å². The van der Waals surface area contributed by atoms with Crippen molar-refractivity contribution in [3.05, 3.63) is 17.2 Å². The highest BCUT2D eigenvalue weighted by Gasteiger charge is 2.24. The van der Waals surface area contributed by atoms with Gasteiger partial charge in [-0.05, 0) is 12.8 Å². The van der Waals surface area contributed by atoms with Crippen LogP contribution in [0.4, 0.5) is 5.69 Å². The molecular formula is C13H18ClNO4S. The first kappa shape index (κ1) is 15.3. The Morgan fingerprint density at radius 1 is 1.15 bits per heavy atom. The van der Waals surface area contributed by atoms with Gasteiger partial charge in [-0.3, -0.25) is 0 Å². The van der Waals surface area contributed by atoms with E-state index in [4.69, 9.17) is 21.1 Å². The topological polar surface area (TPSA) is 64.6 Å². The number of hydrogen-bond acceptors (Lipinski definition) is 5. The number of benzene rings is 1. The Kier molecular flexibility index (Phi) is 4.65. The molecule has 0 saturated carbocycles. The Balaban J connectivity index is 2.16. The van der Waals surface area contributed by atoms with Gasteiger partial charge in [-0.25, -0.2) is 8.42 Å². The summed E-state index contributed by atoms with van der Waals surface area (Å²) in [6.45, 7) is 0. The molecule has 1 aliphatic heterocycles. The summed E-state index contributed by atoms with van der Waals surface area (Å²) in [5.74, 6) is 1.61. The van der Waals surface area contributed by atoms with Gasteiger partial charge in [-0.15, -0.1) is 0 Å². The number of methoxy groups -OCH3 is 2. The minimum Gasteiger partial charge on any atom is -0.495 e. The van der Waals surface area contributed by atoms with Crippen LogP contribution in [-0.2, 0) is 9.84 Å². The zero-order chi connectivity index (χ0) is 14.8. The first-order valence-electron chi connectivity index (χ1n) is 6.33. The van der Waals surface area contributed by atoms with Crippen molar-refractivity contribution in [2.24, 2.45) is 0 Å². The number of halogens is 1. The number of sulfone groups is 1. The molecule has 1 saturated heterocycles. The smallest absolute Gasteiger partial charge is 0.150 e. The third-order valence-electron chi connectivity index (χ3n) is 3.39. The standard InChI is InChI=1S/C13H18ClNO4S/c1-18-12-8-11(13(19-2)7-10(12)14)15-9-3-5-20(16,17)6-4-9/h7-9,15H,3-6H2,1-2H3. The molecule has 0 spiro atoms. The molecule has 0 unspecified atom stereocenters. The lowest BCUT2D eigenvalue weighted by molar-refractivity contribution is 0.404. The summed E-state index contributed by atoms with van der Waals surface area (Å²) in [6, 6.07) is 3.56. The number of hydrogen-bond donors (Lipinski definition) is 1. The van der Waals surface area contributed by atoms with Crippen LogP contribution in [0.5, 0.6) is 11.5 Å². The Morgan fingerprint density at radius 3 is 2.30 bits per heavy atom. The van der Waals surface area contributed by atoms with Gasteiger partial charge in [-0.2, -0.15) is 0 Å². The quantitative estimate of drug-likeness (QED) is 0.923.